The lowest BCUT2D eigenvalue weighted by Gasteiger charge is -2.22. The van der Waals surface area contributed by atoms with E-state index in [9.17, 15) is 4.21 Å². The molecule has 1 aromatic carbocycles. The molecule has 3 heterocycles. The van der Waals surface area contributed by atoms with Crippen LogP contribution >= 0.6 is 0 Å². The second kappa shape index (κ2) is 8.52. The Bertz CT molecular complexity index is 986. The van der Waals surface area contributed by atoms with Gasteiger partial charge in [0.1, 0.15) is 28.1 Å². The Morgan fingerprint density at radius 3 is 2.68 bits per heavy atom. The van der Waals surface area contributed by atoms with Crippen LogP contribution in [0.1, 0.15) is 42.4 Å². The van der Waals surface area contributed by atoms with Gasteiger partial charge >= 0.3 is 0 Å². The van der Waals surface area contributed by atoms with E-state index in [-0.39, 0.29) is 5.60 Å². The highest BCUT2D eigenvalue weighted by molar-refractivity contribution is 7.82. The van der Waals surface area contributed by atoms with E-state index in [0.717, 1.165) is 38.0 Å². The minimum absolute atomic E-state index is 0.279. The third-order valence-electron chi connectivity index (χ3n) is 6.56. The molecule has 1 saturated carbocycles. The number of hydrogen-bond acceptors (Lipinski definition) is 5. The maximum Gasteiger partial charge on any atom is 0.235 e. The molecule has 1 aliphatic carbocycles. The van der Waals surface area contributed by atoms with Gasteiger partial charge in [-0.2, -0.15) is 4.98 Å². The van der Waals surface area contributed by atoms with Crippen LogP contribution in [-0.2, 0) is 17.5 Å². The summed E-state index contributed by atoms with van der Waals surface area (Å²) in [4.78, 5) is 7.78. The van der Waals surface area contributed by atoms with Crippen LogP contribution in [0, 0.1) is 13.8 Å². The zero-order valence-corrected chi connectivity index (χ0v) is 19.2. The first kappa shape index (κ1) is 20.9. The van der Waals surface area contributed by atoms with E-state index in [1.807, 2.05) is 29.4 Å². The van der Waals surface area contributed by atoms with Crippen molar-refractivity contribution in [2.75, 3.05) is 32.8 Å². The summed E-state index contributed by atoms with van der Waals surface area (Å²) in [7, 11) is -1.33. The fourth-order valence-corrected chi connectivity index (χ4v) is 5.83. The van der Waals surface area contributed by atoms with Gasteiger partial charge in [0.2, 0.25) is 11.8 Å². The zero-order valence-electron chi connectivity index (χ0n) is 18.4. The Morgan fingerprint density at radius 2 is 1.94 bits per heavy atom. The molecule has 6 nitrogen and oxygen atoms in total. The molecule has 0 bridgehead atoms. The van der Waals surface area contributed by atoms with E-state index in [1.165, 1.54) is 24.0 Å². The molecular weight excluding hydrogens is 410 g/mol. The molecule has 0 N–H and O–H groups in total. The first-order valence-corrected chi connectivity index (χ1v) is 12.4. The van der Waals surface area contributed by atoms with E-state index >= 15 is 0 Å². The molecule has 5 rings (SSSR count). The number of hydrogen-bond donors (Lipinski definition) is 0. The zero-order chi connectivity index (χ0) is 21.4. The molecule has 1 atom stereocenters. The van der Waals surface area contributed by atoms with Crippen LogP contribution < -0.4 is 9.47 Å². The molecule has 166 valence electrons. The van der Waals surface area contributed by atoms with Gasteiger partial charge in [-0.25, -0.2) is 8.51 Å². The number of pyridine rings is 1. The number of likely N-dealkylation sites (tertiary alicyclic amines) is 1. The Kier molecular flexibility index (Phi) is 5.75. The molecule has 2 aliphatic heterocycles. The summed E-state index contributed by atoms with van der Waals surface area (Å²) in [6, 6.07) is 10.2. The van der Waals surface area contributed by atoms with Gasteiger partial charge in [-0.05, 0) is 69.8 Å². The number of nitrogens with zero attached hydrogens (tertiary/aromatic N) is 3. The number of aromatic nitrogens is 1. The SMILES string of the molecule is Cc1ccccc1CN1CC2(CC2)Oc2nc(OCCN3CCCC3)c(C)cc2S1=O. The van der Waals surface area contributed by atoms with Crippen LogP contribution in [-0.4, -0.2) is 56.8 Å². The van der Waals surface area contributed by atoms with Crippen LogP contribution in [0.5, 0.6) is 11.8 Å². The number of benzene rings is 1. The van der Waals surface area contributed by atoms with Gasteiger partial charge in [0.25, 0.3) is 0 Å². The summed E-state index contributed by atoms with van der Waals surface area (Å²) in [6.07, 6.45) is 4.48. The Balaban J connectivity index is 1.37. The Morgan fingerprint density at radius 1 is 1.16 bits per heavy atom. The molecule has 7 heteroatoms. The minimum atomic E-state index is -1.33. The van der Waals surface area contributed by atoms with Gasteiger partial charge in [-0.1, -0.05) is 24.3 Å². The van der Waals surface area contributed by atoms with Crippen LogP contribution in [0.25, 0.3) is 0 Å². The highest BCUT2D eigenvalue weighted by Gasteiger charge is 2.50. The van der Waals surface area contributed by atoms with Gasteiger partial charge in [-0.3, -0.25) is 4.90 Å². The molecule has 1 spiro atoms. The summed E-state index contributed by atoms with van der Waals surface area (Å²) in [5.41, 5.74) is 3.03. The predicted octanol–water partition coefficient (Wildman–Crippen LogP) is 3.62. The minimum Gasteiger partial charge on any atom is -0.476 e. The average molecular weight is 442 g/mol. The summed E-state index contributed by atoms with van der Waals surface area (Å²) >= 11 is 0. The smallest absolute Gasteiger partial charge is 0.235 e. The van der Waals surface area contributed by atoms with Crippen LogP contribution in [0.2, 0.25) is 0 Å². The van der Waals surface area contributed by atoms with Crippen molar-refractivity contribution in [3.05, 3.63) is 47.0 Å². The lowest BCUT2D eigenvalue weighted by Crippen LogP contribution is -2.35. The lowest BCUT2D eigenvalue weighted by atomic mass is 10.1. The monoisotopic (exact) mass is 441 g/mol. The van der Waals surface area contributed by atoms with Crippen molar-refractivity contribution >= 4 is 11.0 Å². The van der Waals surface area contributed by atoms with Crippen molar-refractivity contribution in [1.29, 1.82) is 0 Å². The van der Waals surface area contributed by atoms with Gasteiger partial charge in [0.15, 0.2) is 0 Å². The first-order chi connectivity index (χ1) is 15.0. The van der Waals surface area contributed by atoms with E-state index in [2.05, 4.69) is 24.0 Å². The van der Waals surface area contributed by atoms with Crippen molar-refractivity contribution in [3.63, 3.8) is 0 Å². The number of aryl methyl sites for hydroxylation is 2. The fraction of sp³-hybridized carbons (Fsp3) is 0.542. The highest BCUT2D eigenvalue weighted by atomic mass is 32.2. The van der Waals surface area contributed by atoms with E-state index in [1.54, 1.807) is 0 Å². The molecule has 0 radical (unpaired) electrons. The normalized spacial score (nSPS) is 22.7. The summed E-state index contributed by atoms with van der Waals surface area (Å²) in [6.45, 7) is 9.19. The van der Waals surface area contributed by atoms with E-state index in [4.69, 9.17) is 14.5 Å². The first-order valence-electron chi connectivity index (χ1n) is 11.3. The van der Waals surface area contributed by atoms with E-state index in [0.29, 0.717) is 36.4 Å². The quantitative estimate of drug-likeness (QED) is 0.685. The van der Waals surface area contributed by atoms with E-state index < -0.39 is 11.0 Å². The molecule has 31 heavy (non-hydrogen) atoms. The molecule has 1 aromatic heterocycles. The third-order valence-corrected chi connectivity index (χ3v) is 7.96. The predicted molar refractivity (Wildman–Crippen MR) is 121 cm³/mol. The number of ether oxygens (including phenoxy) is 2. The van der Waals surface area contributed by atoms with Gasteiger partial charge < -0.3 is 9.47 Å². The molecule has 2 fully saturated rings. The van der Waals surface area contributed by atoms with Crippen LogP contribution in [0.3, 0.4) is 0 Å². The maximum absolute atomic E-state index is 13.6. The topological polar surface area (TPSA) is 54.9 Å². The third kappa shape index (κ3) is 4.49. The summed E-state index contributed by atoms with van der Waals surface area (Å²) in [5, 5.41) is 0. The van der Waals surface area contributed by atoms with Gasteiger partial charge in [0, 0.05) is 18.7 Å². The van der Waals surface area contributed by atoms with Gasteiger partial charge in [0.05, 0.1) is 6.54 Å². The molecule has 0 amide bonds. The fourth-order valence-electron chi connectivity index (χ4n) is 4.43. The number of rotatable bonds is 6. The second-order valence-electron chi connectivity index (χ2n) is 9.07. The maximum atomic E-state index is 13.6. The lowest BCUT2D eigenvalue weighted by molar-refractivity contribution is 0.142. The molecule has 1 unspecified atom stereocenters. The van der Waals surface area contributed by atoms with Crippen molar-refractivity contribution in [1.82, 2.24) is 14.2 Å². The average Bonchev–Trinajstić information content (AvgIpc) is 3.32. The van der Waals surface area contributed by atoms with Crippen molar-refractivity contribution in [3.8, 4) is 11.8 Å². The molecule has 1 saturated heterocycles. The molecular formula is C24H31N3O3S. The summed E-state index contributed by atoms with van der Waals surface area (Å²) in [5.74, 6) is 1.07. The molecule has 3 aliphatic rings. The van der Waals surface area contributed by atoms with Crippen molar-refractivity contribution < 1.29 is 13.7 Å². The second-order valence-corrected chi connectivity index (χ2v) is 10.5. The van der Waals surface area contributed by atoms with Gasteiger partial charge in [-0.15, -0.1) is 0 Å². The Labute approximate surface area is 187 Å². The summed E-state index contributed by atoms with van der Waals surface area (Å²) < 4.78 is 28.0. The molecule has 2 aromatic rings. The highest BCUT2D eigenvalue weighted by Crippen LogP contribution is 2.46. The number of fused-ring (bicyclic) bond motifs is 1. The van der Waals surface area contributed by atoms with Crippen LogP contribution in [0.4, 0.5) is 0 Å². The van der Waals surface area contributed by atoms with Crippen molar-refractivity contribution in [2.45, 2.75) is 56.6 Å². The van der Waals surface area contributed by atoms with Crippen molar-refractivity contribution in [2.24, 2.45) is 0 Å². The largest absolute Gasteiger partial charge is 0.476 e. The Hall–Kier alpha value is -1.96. The van der Waals surface area contributed by atoms with Crippen LogP contribution in [0.15, 0.2) is 35.2 Å². The standard InChI is InChI=1S/C24H31N3O3S/c1-18-7-3-4-8-20(18)16-27-17-24(9-10-24)30-23-21(31(27)28)15-19(2)22(25-23)29-14-13-26-11-5-6-12-26/h3-4,7-8,15H,5-6,9-14,16-17H2,1-2H3.